The molecule has 1 fully saturated rings. The monoisotopic (exact) mass is 295 g/mol. The summed E-state index contributed by atoms with van der Waals surface area (Å²) in [6.45, 7) is 13.5. The molecular formula is C16H29N3S. The van der Waals surface area contributed by atoms with Gasteiger partial charge in [-0.1, -0.05) is 20.8 Å². The summed E-state index contributed by atoms with van der Waals surface area (Å²) in [5.74, 6) is 0.521. The zero-order valence-corrected chi connectivity index (χ0v) is 14.2. The number of thiazole rings is 1. The van der Waals surface area contributed by atoms with Crippen LogP contribution in [0.1, 0.15) is 68.5 Å². The Labute approximate surface area is 127 Å². The van der Waals surface area contributed by atoms with Gasteiger partial charge in [-0.25, -0.2) is 4.98 Å². The molecule has 114 valence electrons. The summed E-state index contributed by atoms with van der Waals surface area (Å²) < 4.78 is 0. The van der Waals surface area contributed by atoms with Crippen LogP contribution in [0.15, 0.2) is 0 Å². The van der Waals surface area contributed by atoms with E-state index in [1.165, 1.54) is 47.9 Å². The SMILES string of the molecule is CCC(C)NCc1sc(CN2CCCC2)nc1C(C)C. The van der Waals surface area contributed by atoms with Crippen molar-refractivity contribution in [2.75, 3.05) is 13.1 Å². The molecule has 1 aromatic rings. The first-order chi connectivity index (χ1) is 9.60. The quantitative estimate of drug-likeness (QED) is 0.830. The molecule has 4 heteroatoms. The number of nitrogens with zero attached hydrogens (tertiary/aromatic N) is 2. The molecule has 1 aliphatic heterocycles. The Morgan fingerprint density at radius 2 is 1.95 bits per heavy atom. The Morgan fingerprint density at radius 1 is 1.25 bits per heavy atom. The Balaban J connectivity index is 2.02. The average Bonchev–Trinajstić information content (AvgIpc) is 3.06. The fourth-order valence-corrected chi connectivity index (χ4v) is 3.82. The first-order valence-corrected chi connectivity index (χ1v) is 8.86. The lowest BCUT2D eigenvalue weighted by atomic mass is 10.1. The van der Waals surface area contributed by atoms with Crippen LogP contribution < -0.4 is 5.32 Å². The highest BCUT2D eigenvalue weighted by Crippen LogP contribution is 2.27. The Kier molecular flexibility index (Phi) is 6.00. The fraction of sp³-hybridized carbons (Fsp3) is 0.812. The average molecular weight is 295 g/mol. The summed E-state index contributed by atoms with van der Waals surface area (Å²) in [7, 11) is 0. The smallest absolute Gasteiger partial charge is 0.107 e. The third-order valence-electron chi connectivity index (χ3n) is 4.10. The lowest BCUT2D eigenvalue weighted by Gasteiger charge is -2.11. The van der Waals surface area contributed by atoms with Crippen LogP contribution in [-0.4, -0.2) is 29.0 Å². The van der Waals surface area contributed by atoms with E-state index in [0.717, 1.165) is 13.1 Å². The summed E-state index contributed by atoms with van der Waals surface area (Å²) in [5, 5.41) is 4.91. The van der Waals surface area contributed by atoms with Crippen molar-refractivity contribution in [3.8, 4) is 0 Å². The molecule has 20 heavy (non-hydrogen) atoms. The summed E-state index contributed by atoms with van der Waals surface area (Å²) in [4.78, 5) is 8.89. The standard InChI is InChI=1S/C16H29N3S/c1-5-13(4)17-10-14-16(12(2)3)18-15(20-14)11-19-8-6-7-9-19/h12-13,17H,5-11H2,1-4H3. The lowest BCUT2D eigenvalue weighted by Crippen LogP contribution is -2.24. The van der Waals surface area contributed by atoms with Gasteiger partial charge in [-0.2, -0.15) is 0 Å². The minimum absolute atomic E-state index is 0.521. The molecule has 0 aromatic carbocycles. The van der Waals surface area contributed by atoms with Crippen molar-refractivity contribution in [2.45, 2.75) is 72.0 Å². The van der Waals surface area contributed by atoms with Gasteiger partial charge in [0, 0.05) is 17.5 Å². The molecule has 0 saturated carbocycles. The van der Waals surface area contributed by atoms with Crippen molar-refractivity contribution >= 4 is 11.3 Å². The van der Waals surface area contributed by atoms with Crippen LogP contribution in [0.3, 0.4) is 0 Å². The maximum absolute atomic E-state index is 4.91. The van der Waals surface area contributed by atoms with Gasteiger partial charge in [-0.05, 0) is 45.2 Å². The number of rotatable bonds is 7. The van der Waals surface area contributed by atoms with Crippen LogP contribution in [0.25, 0.3) is 0 Å². The number of hydrogen-bond donors (Lipinski definition) is 1. The van der Waals surface area contributed by atoms with E-state index in [1.807, 2.05) is 11.3 Å². The maximum Gasteiger partial charge on any atom is 0.107 e. The van der Waals surface area contributed by atoms with Crippen LogP contribution in [0.4, 0.5) is 0 Å². The van der Waals surface area contributed by atoms with Crippen LogP contribution >= 0.6 is 11.3 Å². The first kappa shape index (κ1) is 15.9. The van der Waals surface area contributed by atoms with E-state index in [1.54, 1.807) is 0 Å². The Morgan fingerprint density at radius 3 is 2.55 bits per heavy atom. The van der Waals surface area contributed by atoms with Gasteiger partial charge in [0.15, 0.2) is 0 Å². The molecule has 1 aliphatic rings. The zero-order chi connectivity index (χ0) is 14.5. The molecule has 0 bridgehead atoms. The summed E-state index contributed by atoms with van der Waals surface area (Å²) in [6.07, 6.45) is 3.88. The highest BCUT2D eigenvalue weighted by Gasteiger charge is 2.18. The molecule has 0 aliphatic carbocycles. The van der Waals surface area contributed by atoms with Gasteiger partial charge in [0.05, 0.1) is 12.2 Å². The number of nitrogens with one attached hydrogen (secondary N) is 1. The highest BCUT2D eigenvalue weighted by atomic mass is 32.1. The van der Waals surface area contributed by atoms with Crippen molar-refractivity contribution in [1.82, 2.24) is 15.2 Å². The first-order valence-electron chi connectivity index (χ1n) is 8.04. The molecule has 1 atom stereocenters. The predicted octanol–water partition coefficient (Wildman–Crippen LogP) is 3.75. The van der Waals surface area contributed by atoms with Crippen LogP contribution in [-0.2, 0) is 13.1 Å². The van der Waals surface area contributed by atoms with Crippen molar-refractivity contribution < 1.29 is 0 Å². The number of hydrogen-bond acceptors (Lipinski definition) is 4. The Hall–Kier alpha value is -0.450. The van der Waals surface area contributed by atoms with Crippen molar-refractivity contribution in [3.63, 3.8) is 0 Å². The fourth-order valence-electron chi connectivity index (χ4n) is 2.60. The minimum atomic E-state index is 0.521. The van der Waals surface area contributed by atoms with E-state index in [9.17, 15) is 0 Å². The second kappa shape index (κ2) is 7.53. The van der Waals surface area contributed by atoms with E-state index in [4.69, 9.17) is 4.98 Å². The Bertz CT molecular complexity index is 408. The molecule has 2 heterocycles. The molecule has 0 radical (unpaired) electrons. The third-order valence-corrected chi connectivity index (χ3v) is 5.16. The third kappa shape index (κ3) is 4.27. The second-order valence-electron chi connectivity index (χ2n) is 6.24. The molecule has 2 rings (SSSR count). The molecular weight excluding hydrogens is 266 g/mol. The number of likely N-dealkylation sites (tertiary alicyclic amines) is 1. The van der Waals surface area contributed by atoms with Crippen LogP contribution in [0.5, 0.6) is 0 Å². The highest BCUT2D eigenvalue weighted by molar-refractivity contribution is 7.11. The van der Waals surface area contributed by atoms with Gasteiger partial charge >= 0.3 is 0 Å². The molecule has 1 unspecified atom stereocenters. The maximum atomic E-state index is 4.91. The van der Waals surface area contributed by atoms with Crippen molar-refractivity contribution in [2.24, 2.45) is 0 Å². The van der Waals surface area contributed by atoms with E-state index in [0.29, 0.717) is 12.0 Å². The summed E-state index contributed by atoms with van der Waals surface area (Å²) in [5.41, 5.74) is 1.31. The molecule has 0 spiro atoms. The van der Waals surface area contributed by atoms with Gasteiger partial charge < -0.3 is 5.32 Å². The van der Waals surface area contributed by atoms with Crippen LogP contribution in [0.2, 0.25) is 0 Å². The van der Waals surface area contributed by atoms with E-state index in [-0.39, 0.29) is 0 Å². The van der Waals surface area contributed by atoms with Gasteiger partial charge in [0.25, 0.3) is 0 Å². The molecule has 0 amide bonds. The van der Waals surface area contributed by atoms with Gasteiger partial charge in [0.1, 0.15) is 5.01 Å². The largest absolute Gasteiger partial charge is 0.309 e. The van der Waals surface area contributed by atoms with Crippen molar-refractivity contribution in [3.05, 3.63) is 15.6 Å². The van der Waals surface area contributed by atoms with E-state index < -0.39 is 0 Å². The molecule has 3 nitrogen and oxygen atoms in total. The van der Waals surface area contributed by atoms with Gasteiger partial charge in [0.2, 0.25) is 0 Å². The lowest BCUT2D eigenvalue weighted by molar-refractivity contribution is 0.330. The van der Waals surface area contributed by atoms with Gasteiger partial charge in [-0.15, -0.1) is 11.3 Å². The molecule has 1 aromatic heterocycles. The zero-order valence-electron chi connectivity index (χ0n) is 13.4. The number of aromatic nitrogens is 1. The van der Waals surface area contributed by atoms with E-state index >= 15 is 0 Å². The van der Waals surface area contributed by atoms with Crippen LogP contribution in [0, 0.1) is 0 Å². The molecule has 1 N–H and O–H groups in total. The van der Waals surface area contributed by atoms with E-state index in [2.05, 4.69) is 37.9 Å². The topological polar surface area (TPSA) is 28.2 Å². The van der Waals surface area contributed by atoms with Crippen molar-refractivity contribution in [1.29, 1.82) is 0 Å². The summed E-state index contributed by atoms with van der Waals surface area (Å²) in [6, 6.07) is 0.583. The second-order valence-corrected chi connectivity index (χ2v) is 7.41. The normalized spacial score (nSPS) is 18.1. The minimum Gasteiger partial charge on any atom is -0.309 e. The predicted molar refractivity (Wildman–Crippen MR) is 87.3 cm³/mol. The van der Waals surface area contributed by atoms with Gasteiger partial charge in [-0.3, -0.25) is 4.90 Å². The molecule has 1 saturated heterocycles. The summed E-state index contributed by atoms with van der Waals surface area (Å²) >= 11 is 1.91.